The molecule has 0 bridgehead atoms. The second-order valence-corrected chi connectivity index (χ2v) is 5.98. The first kappa shape index (κ1) is 20.0. The van der Waals surface area contributed by atoms with Gasteiger partial charge < -0.3 is 20.8 Å². The molecule has 2 rings (SSSR count). The van der Waals surface area contributed by atoms with Crippen molar-refractivity contribution in [2.24, 2.45) is 0 Å². The van der Waals surface area contributed by atoms with Crippen LogP contribution in [-0.2, 0) is 4.79 Å². The lowest BCUT2D eigenvalue weighted by molar-refractivity contribution is -0.137. The standard InChI is InChI=1S/C20H22N2O5/c23-17-11-6-4-9-15(17)20(27)22-16-10-5-3-8-14(16)19(26)21-13-7-1-2-12-18(24)25/h3-6,8-11,23H,1-2,7,12-13H2,(H,21,26)(H,22,27)(H,24,25). The van der Waals surface area contributed by atoms with Crippen LogP contribution in [0.25, 0.3) is 0 Å². The monoisotopic (exact) mass is 370 g/mol. The average Bonchev–Trinajstić information content (AvgIpc) is 2.65. The summed E-state index contributed by atoms with van der Waals surface area (Å²) < 4.78 is 0. The second-order valence-electron chi connectivity index (χ2n) is 5.98. The van der Waals surface area contributed by atoms with Gasteiger partial charge in [0, 0.05) is 13.0 Å². The Kier molecular flexibility index (Phi) is 7.37. The number of phenols is 1. The Morgan fingerprint density at radius 1 is 0.815 bits per heavy atom. The van der Waals surface area contributed by atoms with E-state index in [1.165, 1.54) is 12.1 Å². The highest BCUT2D eigenvalue weighted by Gasteiger charge is 2.15. The summed E-state index contributed by atoms with van der Waals surface area (Å²) in [6.45, 7) is 0.417. The highest BCUT2D eigenvalue weighted by molar-refractivity contribution is 6.10. The first-order valence-corrected chi connectivity index (χ1v) is 8.67. The average molecular weight is 370 g/mol. The van der Waals surface area contributed by atoms with Crippen LogP contribution in [0.4, 0.5) is 5.69 Å². The number of carboxylic acid groups (broad SMARTS) is 1. The molecular weight excluding hydrogens is 348 g/mol. The number of hydrogen-bond donors (Lipinski definition) is 4. The fraction of sp³-hybridized carbons (Fsp3) is 0.250. The van der Waals surface area contributed by atoms with Gasteiger partial charge >= 0.3 is 5.97 Å². The van der Waals surface area contributed by atoms with E-state index in [2.05, 4.69) is 10.6 Å². The van der Waals surface area contributed by atoms with Crippen molar-refractivity contribution < 1.29 is 24.6 Å². The summed E-state index contributed by atoms with van der Waals surface area (Å²) in [5.41, 5.74) is 0.770. The normalized spacial score (nSPS) is 10.2. The van der Waals surface area contributed by atoms with E-state index in [4.69, 9.17) is 5.11 Å². The molecule has 0 fully saturated rings. The molecule has 0 atom stereocenters. The van der Waals surface area contributed by atoms with Gasteiger partial charge in [-0.05, 0) is 37.1 Å². The molecule has 0 aliphatic heterocycles. The van der Waals surface area contributed by atoms with Gasteiger partial charge in [-0.15, -0.1) is 0 Å². The van der Waals surface area contributed by atoms with Gasteiger partial charge in [-0.1, -0.05) is 30.7 Å². The Morgan fingerprint density at radius 2 is 1.48 bits per heavy atom. The number of benzene rings is 2. The lowest BCUT2D eigenvalue weighted by atomic mass is 10.1. The van der Waals surface area contributed by atoms with E-state index in [1.54, 1.807) is 36.4 Å². The van der Waals surface area contributed by atoms with Crippen LogP contribution >= 0.6 is 0 Å². The molecule has 2 amide bonds. The van der Waals surface area contributed by atoms with Crippen molar-refractivity contribution in [3.63, 3.8) is 0 Å². The number of nitrogens with one attached hydrogen (secondary N) is 2. The number of carboxylic acids is 1. The molecule has 27 heavy (non-hydrogen) atoms. The largest absolute Gasteiger partial charge is 0.507 e. The maximum Gasteiger partial charge on any atom is 0.303 e. The number of para-hydroxylation sites is 2. The van der Waals surface area contributed by atoms with Gasteiger partial charge in [0.25, 0.3) is 11.8 Å². The minimum absolute atomic E-state index is 0.117. The summed E-state index contributed by atoms with van der Waals surface area (Å²) in [4.78, 5) is 35.2. The van der Waals surface area contributed by atoms with Gasteiger partial charge in [0.15, 0.2) is 0 Å². The third kappa shape index (κ3) is 6.14. The van der Waals surface area contributed by atoms with Crippen LogP contribution < -0.4 is 10.6 Å². The third-order valence-corrected chi connectivity index (χ3v) is 3.92. The Labute approximate surface area is 157 Å². The smallest absolute Gasteiger partial charge is 0.303 e. The van der Waals surface area contributed by atoms with Crippen LogP contribution in [-0.4, -0.2) is 34.5 Å². The molecule has 0 spiro atoms. The topological polar surface area (TPSA) is 116 Å². The summed E-state index contributed by atoms with van der Waals surface area (Å²) in [6, 6.07) is 12.8. The van der Waals surface area contributed by atoms with Crippen LogP contribution in [0.5, 0.6) is 5.75 Å². The quantitative estimate of drug-likeness (QED) is 0.506. The molecule has 0 aliphatic rings. The molecule has 7 heteroatoms. The van der Waals surface area contributed by atoms with E-state index in [0.717, 1.165) is 0 Å². The molecule has 0 saturated carbocycles. The number of amides is 2. The number of anilines is 1. The maximum atomic E-state index is 12.4. The zero-order chi connectivity index (χ0) is 19.6. The number of unbranched alkanes of at least 4 members (excludes halogenated alkanes) is 2. The minimum atomic E-state index is -0.826. The van der Waals surface area contributed by atoms with Crippen molar-refractivity contribution in [3.05, 3.63) is 59.7 Å². The van der Waals surface area contributed by atoms with Crippen molar-refractivity contribution in [2.75, 3.05) is 11.9 Å². The molecule has 2 aromatic carbocycles. The van der Waals surface area contributed by atoms with Crippen LogP contribution in [0.3, 0.4) is 0 Å². The number of hydrogen-bond acceptors (Lipinski definition) is 4. The predicted molar refractivity (Wildman–Crippen MR) is 101 cm³/mol. The fourth-order valence-electron chi connectivity index (χ4n) is 2.52. The Balaban J connectivity index is 1.94. The molecule has 0 saturated heterocycles. The molecular formula is C20H22N2O5. The highest BCUT2D eigenvalue weighted by Crippen LogP contribution is 2.20. The van der Waals surface area contributed by atoms with Gasteiger partial charge in [0.1, 0.15) is 5.75 Å². The molecule has 2 aromatic rings. The number of phenolic OH excluding ortho intramolecular Hbond substituents is 1. The molecule has 142 valence electrons. The second kappa shape index (κ2) is 9.96. The zero-order valence-corrected chi connectivity index (χ0v) is 14.8. The SMILES string of the molecule is O=C(O)CCCCCNC(=O)c1ccccc1NC(=O)c1ccccc1O. The molecule has 7 nitrogen and oxygen atoms in total. The summed E-state index contributed by atoms with van der Waals surface area (Å²) in [5, 5.41) is 23.8. The summed E-state index contributed by atoms with van der Waals surface area (Å²) in [5.74, 6) is -1.81. The number of carbonyl (C=O) groups excluding carboxylic acids is 2. The minimum Gasteiger partial charge on any atom is -0.507 e. The van der Waals surface area contributed by atoms with Crippen molar-refractivity contribution >= 4 is 23.5 Å². The van der Waals surface area contributed by atoms with Crippen molar-refractivity contribution in [1.82, 2.24) is 5.32 Å². The first-order chi connectivity index (χ1) is 13.0. The van der Waals surface area contributed by atoms with Gasteiger partial charge in [0.05, 0.1) is 16.8 Å². The van der Waals surface area contributed by atoms with E-state index >= 15 is 0 Å². The van der Waals surface area contributed by atoms with E-state index < -0.39 is 11.9 Å². The van der Waals surface area contributed by atoms with Gasteiger partial charge in [0.2, 0.25) is 0 Å². The van der Waals surface area contributed by atoms with Gasteiger partial charge in [-0.25, -0.2) is 0 Å². The van der Waals surface area contributed by atoms with Crippen LogP contribution in [0.2, 0.25) is 0 Å². The predicted octanol–water partition coefficient (Wildman–Crippen LogP) is 3.02. The van der Waals surface area contributed by atoms with E-state index in [9.17, 15) is 19.5 Å². The molecule has 0 unspecified atom stereocenters. The summed E-state index contributed by atoms with van der Waals surface area (Å²) >= 11 is 0. The Morgan fingerprint density at radius 3 is 2.19 bits per heavy atom. The number of aliphatic carboxylic acids is 1. The van der Waals surface area contributed by atoms with Crippen molar-refractivity contribution in [3.8, 4) is 5.75 Å². The Bertz CT molecular complexity index is 820. The van der Waals surface area contributed by atoms with Crippen LogP contribution in [0.15, 0.2) is 48.5 Å². The molecule has 0 heterocycles. The number of aromatic hydroxyl groups is 1. The lowest BCUT2D eigenvalue weighted by Gasteiger charge is -2.12. The third-order valence-electron chi connectivity index (χ3n) is 3.92. The number of rotatable bonds is 9. The van der Waals surface area contributed by atoms with Crippen LogP contribution in [0, 0.1) is 0 Å². The van der Waals surface area contributed by atoms with Crippen LogP contribution in [0.1, 0.15) is 46.4 Å². The molecule has 0 aromatic heterocycles. The van der Waals surface area contributed by atoms with Gasteiger partial charge in [-0.2, -0.15) is 0 Å². The molecule has 4 N–H and O–H groups in total. The number of carbonyl (C=O) groups is 3. The van der Waals surface area contributed by atoms with Gasteiger partial charge in [-0.3, -0.25) is 14.4 Å². The first-order valence-electron chi connectivity index (χ1n) is 8.67. The lowest BCUT2D eigenvalue weighted by Crippen LogP contribution is -2.26. The summed E-state index contributed by atoms with van der Waals surface area (Å²) in [6.07, 6.45) is 2.07. The van der Waals surface area contributed by atoms with Crippen molar-refractivity contribution in [2.45, 2.75) is 25.7 Å². The molecule has 0 aliphatic carbocycles. The summed E-state index contributed by atoms with van der Waals surface area (Å²) in [7, 11) is 0. The van der Waals surface area contributed by atoms with E-state index in [-0.39, 0.29) is 23.6 Å². The Hall–Kier alpha value is -3.35. The van der Waals surface area contributed by atoms with E-state index in [0.29, 0.717) is 37.1 Å². The zero-order valence-electron chi connectivity index (χ0n) is 14.8. The fourth-order valence-corrected chi connectivity index (χ4v) is 2.52. The van der Waals surface area contributed by atoms with E-state index in [1.807, 2.05) is 0 Å². The maximum absolute atomic E-state index is 12.4. The highest BCUT2D eigenvalue weighted by atomic mass is 16.4. The van der Waals surface area contributed by atoms with Crippen molar-refractivity contribution in [1.29, 1.82) is 0 Å². The molecule has 0 radical (unpaired) electrons.